The van der Waals surface area contributed by atoms with E-state index in [4.69, 9.17) is 0 Å². The summed E-state index contributed by atoms with van der Waals surface area (Å²) in [4.78, 5) is 10.6. The van der Waals surface area contributed by atoms with Crippen LogP contribution >= 0.6 is 0 Å². The summed E-state index contributed by atoms with van der Waals surface area (Å²) in [6.45, 7) is 2.60. The molecule has 1 rings (SSSR count). The van der Waals surface area contributed by atoms with Gasteiger partial charge in [-0.3, -0.25) is 4.79 Å². The third-order valence-corrected chi connectivity index (χ3v) is 2.00. The summed E-state index contributed by atoms with van der Waals surface area (Å²) >= 11 is 0. The fourth-order valence-corrected chi connectivity index (χ4v) is 1.31. The molecule has 0 aliphatic heterocycles. The summed E-state index contributed by atoms with van der Waals surface area (Å²) in [5.41, 5.74) is -1.25. The van der Waals surface area contributed by atoms with Crippen molar-refractivity contribution in [3.63, 3.8) is 0 Å². The molecule has 1 unspecified atom stereocenters. The number of nitrogens with one attached hydrogen (secondary N) is 1. The number of halogens is 4. The van der Waals surface area contributed by atoms with Crippen LogP contribution in [0.3, 0.4) is 0 Å². The van der Waals surface area contributed by atoms with E-state index in [2.05, 4.69) is 10.1 Å². The predicted molar refractivity (Wildman–Crippen MR) is 56.3 cm³/mol. The second-order valence-electron chi connectivity index (χ2n) is 3.59. The lowest BCUT2D eigenvalue weighted by molar-refractivity contribution is -0.144. The standard InChI is InChI=1S/C11H11F4NO2/c1-6(18-7(2)17)16-10-4-3-8(5-9(10)12)11(13,14)15/h3-6,16H,1-2H3. The monoisotopic (exact) mass is 265 g/mol. The Morgan fingerprint density at radius 1 is 1.39 bits per heavy atom. The maximum Gasteiger partial charge on any atom is 0.416 e. The fourth-order valence-electron chi connectivity index (χ4n) is 1.31. The molecule has 0 spiro atoms. The number of anilines is 1. The van der Waals surface area contributed by atoms with E-state index in [0.717, 1.165) is 12.1 Å². The van der Waals surface area contributed by atoms with Crippen molar-refractivity contribution in [2.24, 2.45) is 0 Å². The first-order chi connectivity index (χ1) is 8.20. The average molecular weight is 265 g/mol. The van der Waals surface area contributed by atoms with Crippen LogP contribution in [0, 0.1) is 5.82 Å². The van der Waals surface area contributed by atoms with E-state index in [9.17, 15) is 22.4 Å². The van der Waals surface area contributed by atoms with Crippen molar-refractivity contribution in [2.75, 3.05) is 5.32 Å². The largest absolute Gasteiger partial charge is 0.442 e. The molecule has 1 atom stereocenters. The topological polar surface area (TPSA) is 38.3 Å². The van der Waals surface area contributed by atoms with E-state index >= 15 is 0 Å². The SMILES string of the molecule is CC(=O)OC(C)Nc1ccc(C(F)(F)F)cc1F. The van der Waals surface area contributed by atoms with E-state index in [-0.39, 0.29) is 5.69 Å². The van der Waals surface area contributed by atoms with Crippen LogP contribution in [0.2, 0.25) is 0 Å². The van der Waals surface area contributed by atoms with Crippen molar-refractivity contribution in [1.29, 1.82) is 0 Å². The number of carbonyl (C=O) groups excluding carboxylic acids is 1. The lowest BCUT2D eigenvalue weighted by Gasteiger charge is -2.16. The minimum atomic E-state index is -4.60. The summed E-state index contributed by atoms with van der Waals surface area (Å²) in [7, 11) is 0. The second-order valence-corrected chi connectivity index (χ2v) is 3.59. The zero-order valence-corrected chi connectivity index (χ0v) is 9.64. The Labute approximate surface area is 101 Å². The van der Waals surface area contributed by atoms with E-state index < -0.39 is 29.8 Å². The second kappa shape index (κ2) is 5.24. The Bertz CT molecular complexity index is 445. The first-order valence-corrected chi connectivity index (χ1v) is 5.00. The molecule has 0 bridgehead atoms. The lowest BCUT2D eigenvalue weighted by atomic mass is 10.2. The van der Waals surface area contributed by atoms with Gasteiger partial charge in [0, 0.05) is 6.92 Å². The summed E-state index contributed by atoms with van der Waals surface area (Å²) in [6, 6.07) is 2.06. The van der Waals surface area contributed by atoms with Gasteiger partial charge in [-0.25, -0.2) is 4.39 Å². The van der Waals surface area contributed by atoms with Crippen LogP contribution in [-0.4, -0.2) is 12.2 Å². The van der Waals surface area contributed by atoms with Gasteiger partial charge in [-0.2, -0.15) is 13.2 Å². The smallest absolute Gasteiger partial charge is 0.416 e. The highest BCUT2D eigenvalue weighted by atomic mass is 19.4. The zero-order chi connectivity index (χ0) is 13.9. The van der Waals surface area contributed by atoms with Gasteiger partial charge < -0.3 is 10.1 Å². The average Bonchev–Trinajstić information content (AvgIpc) is 2.18. The number of benzene rings is 1. The molecular weight excluding hydrogens is 254 g/mol. The molecule has 0 aliphatic carbocycles. The number of hydrogen-bond acceptors (Lipinski definition) is 3. The first-order valence-electron chi connectivity index (χ1n) is 5.00. The number of hydrogen-bond donors (Lipinski definition) is 1. The Balaban J connectivity index is 2.83. The van der Waals surface area contributed by atoms with Gasteiger partial charge in [-0.05, 0) is 25.1 Å². The van der Waals surface area contributed by atoms with Crippen LogP contribution in [0.15, 0.2) is 18.2 Å². The number of carbonyl (C=O) groups is 1. The van der Waals surface area contributed by atoms with Gasteiger partial charge in [-0.1, -0.05) is 0 Å². The third-order valence-electron chi connectivity index (χ3n) is 2.00. The molecule has 0 heterocycles. The third kappa shape index (κ3) is 3.90. The Morgan fingerprint density at radius 2 is 2.00 bits per heavy atom. The molecule has 0 radical (unpaired) electrons. The molecule has 0 saturated heterocycles. The number of alkyl halides is 3. The summed E-state index contributed by atoms with van der Waals surface area (Å²) < 4.78 is 54.9. The van der Waals surface area contributed by atoms with Crippen molar-refractivity contribution < 1.29 is 27.1 Å². The van der Waals surface area contributed by atoms with Crippen molar-refractivity contribution in [3.8, 4) is 0 Å². The van der Waals surface area contributed by atoms with Gasteiger partial charge in [0.15, 0.2) is 6.23 Å². The molecular formula is C11H11F4NO2. The maximum absolute atomic E-state index is 13.4. The Hall–Kier alpha value is -1.79. The number of rotatable bonds is 3. The van der Waals surface area contributed by atoms with Crippen LogP contribution in [0.5, 0.6) is 0 Å². The number of ether oxygens (including phenoxy) is 1. The predicted octanol–water partition coefficient (Wildman–Crippen LogP) is 3.17. The molecule has 0 fully saturated rings. The lowest BCUT2D eigenvalue weighted by Crippen LogP contribution is -2.22. The Kier molecular flexibility index (Phi) is 4.15. The molecule has 1 N–H and O–H groups in total. The van der Waals surface area contributed by atoms with Crippen molar-refractivity contribution >= 4 is 11.7 Å². The van der Waals surface area contributed by atoms with Gasteiger partial charge in [0.1, 0.15) is 5.82 Å². The molecule has 1 aromatic rings. The van der Waals surface area contributed by atoms with Gasteiger partial charge in [0.2, 0.25) is 0 Å². The summed E-state index contributed by atoms with van der Waals surface area (Å²) in [5.74, 6) is -1.65. The molecule has 0 aromatic heterocycles. The van der Waals surface area contributed by atoms with Crippen LogP contribution in [-0.2, 0) is 15.7 Å². The molecule has 0 aliphatic rings. The normalized spacial score (nSPS) is 13.0. The van der Waals surface area contributed by atoms with Gasteiger partial charge in [-0.15, -0.1) is 0 Å². The molecule has 0 saturated carbocycles. The van der Waals surface area contributed by atoms with E-state index in [1.807, 2.05) is 0 Å². The summed E-state index contributed by atoms with van der Waals surface area (Å²) in [5, 5.41) is 2.43. The van der Waals surface area contributed by atoms with Crippen molar-refractivity contribution in [3.05, 3.63) is 29.6 Å². The van der Waals surface area contributed by atoms with Gasteiger partial charge in [0.05, 0.1) is 11.3 Å². The highest BCUT2D eigenvalue weighted by Crippen LogP contribution is 2.31. The van der Waals surface area contributed by atoms with Gasteiger partial charge >= 0.3 is 12.1 Å². The molecule has 7 heteroatoms. The summed E-state index contributed by atoms with van der Waals surface area (Å²) in [6.07, 6.45) is -5.44. The maximum atomic E-state index is 13.4. The molecule has 100 valence electrons. The van der Waals surface area contributed by atoms with Crippen LogP contribution < -0.4 is 5.32 Å². The first kappa shape index (κ1) is 14.3. The quantitative estimate of drug-likeness (QED) is 0.518. The molecule has 1 aromatic carbocycles. The molecule has 3 nitrogen and oxygen atoms in total. The van der Waals surface area contributed by atoms with Gasteiger partial charge in [0.25, 0.3) is 0 Å². The number of esters is 1. The molecule has 18 heavy (non-hydrogen) atoms. The minimum absolute atomic E-state index is 0.170. The highest BCUT2D eigenvalue weighted by Gasteiger charge is 2.31. The molecule has 0 amide bonds. The van der Waals surface area contributed by atoms with E-state index in [1.165, 1.54) is 13.8 Å². The van der Waals surface area contributed by atoms with E-state index in [0.29, 0.717) is 6.07 Å². The highest BCUT2D eigenvalue weighted by molar-refractivity contribution is 5.66. The minimum Gasteiger partial charge on any atom is -0.442 e. The van der Waals surface area contributed by atoms with E-state index in [1.54, 1.807) is 0 Å². The Morgan fingerprint density at radius 3 is 2.44 bits per heavy atom. The van der Waals surface area contributed by atoms with Crippen LogP contribution in [0.25, 0.3) is 0 Å². The fraction of sp³-hybridized carbons (Fsp3) is 0.364. The van der Waals surface area contributed by atoms with Crippen molar-refractivity contribution in [1.82, 2.24) is 0 Å². The zero-order valence-electron chi connectivity index (χ0n) is 9.64. The van der Waals surface area contributed by atoms with Crippen LogP contribution in [0.1, 0.15) is 19.4 Å². The van der Waals surface area contributed by atoms with Crippen molar-refractivity contribution in [2.45, 2.75) is 26.3 Å². The van der Waals surface area contributed by atoms with Crippen LogP contribution in [0.4, 0.5) is 23.2 Å².